The Hall–Kier alpha value is -3.02. The van der Waals surface area contributed by atoms with Gasteiger partial charge in [0.05, 0.1) is 11.7 Å². The van der Waals surface area contributed by atoms with Crippen LogP contribution in [0.1, 0.15) is 19.9 Å². The maximum absolute atomic E-state index is 13.3. The van der Waals surface area contributed by atoms with Gasteiger partial charge < -0.3 is 4.42 Å². The monoisotopic (exact) mass is 322 g/mol. The van der Waals surface area contributed by atoms with Crippen molar-refractivity contribution >= 4 is 11.0 Å². The van der Waals surface area contributed by atoms with Crippen LogP contribution in [-0.2, 0) is 0 Å². The Labute approximate surface area is 137 Å². The molecule has 0 fully saturated rings. The second kappa shape index (κ2) is 5.56. The fraction of sp³-hybridized carbons (Fsp3) is 0.167. The van der Waals surface area contributed by atoms with Gasteiger partial charge in [0, 0.05) is 17.2 Å². The molecule has 120 valence electrons. The van der Waals surface area contributed by atoms with E-state index in [1.54, 1.807) is 18.3 Å². The van der Waals surface area contributed by atoms with E-state index >= 15 is 0 Å². The molecule has 0 radical (unpaired) electrons. The zero-order valence-corrected chi connectivity index (χ0v) is 13.3. The van der Waals surface area contributed by atoms with Crippen LogP contribution < -0.4 is 0 Å². The summed E-state index contributed by atoms with van der Waals surface area (Å²) in [6, 6.07) is 12.2. The van der Waals surface area contributed by atoms with Gasteiger partial charge in [0.2, 0.25) is 5.89 Å². The van der Waals surface area contributed by atoms with Crippen LogP contribution in [0.25, 0.3) is 33.8 Å². The van der Waals surface area contributed by atoms with Gasteiger partial charge in [0.25, 0.3) is 0 Å². The zero-order valence-electron chi connectivity index (χ0n) is 13.3. The van der Waals surface area contributed by atoms with Crippen LogP contribution in [0, 0.1) is 5.82 Å². The molecule has 0 amide bonds. The van der Waals surface area contributed by atoms with Crippen LogP contribution >= 0.6 is 0 Å². The summed E-state index contributed by atoms with van der Waals surface area (Å²) >= 11 is 0. The number of benzene rings is 2. The maximum atomic E-state index is 13.3. The molecule has 4 rings (SSSR count). The second-order valence-electron chi connectivity index (χ2n) is 5.87. The first-order chi connectivity index (χ1) is 11.6. The molecule has 0 spiro atoms. The number of oxazole rings is 1. The number of aromatic nitrogens is 4. The van der Waals surface area contributed by atoms with Gasteiger partial charge in [0.1, 0.15) is 11.3 Å². The minimum absolute atomic E-state index is 0.238. The van der Waals surface area contributed by atoms with Gasteiger partial charge in [-0.2, -0.15) is 0 Å². The smallest absolute Gasteiger partial charge is 0.226 e. The summed E-state index contributed by atoms with van der Waals surface area (Å²) in [5.74, 6) is 0.683. The van der Waals surface area contributed by atoms with E-state index in [4.69, 9.17) is 4.42 Å². The van der Waals surface area contributed by atoms with Crippen molar-refractivity contribution in [3.63, 3.8) is 0 Å². The highest BCUT2D eigenvalue weighted by molar-refractivity contribution is 5.80. The summed E-state index contributed by atoms with van der Waals surface area (Å²) in [4.78, 5) is 4.30. The molecular weight excluding hydrogens is 307 g/mol. The van der Waals surface area contributed by atoms with Crippen molar-refractivity contribution in [3.8, 4) is 22.8 Å². The highest BCUT2D eigenvalue weighted by atomic mass is 19.1. The number of halogens is 1. The van der Waals surface area contributed by atoms with Gasteiger partial charge >= 0.3 is 0 Å². The molecule has 5 nitrogen and oxygen atoms in total. The van der Waals surface area contributed by atoms with Gasteiger partial charge in [-0.1, -0.05) is 17.3 Å². The molecule has 0 aliphatic heterocycles. The summed E-state index contributed by atoms with van der Waals surface area (Å²) in [5, 5.41) is 8.36. The molecule has 0 unspecified atom stereocenters. The summed E-state index contributed by atoms with van der Waals surface area (Å²) in [6.07, 6.45) is 1.60. The first kappa shape index (κ1) is 14.6. The molecule has 6 heteroatoms. The molecule has 0 N–H and O–H groups in total. The van der Waals surface area contributed by atoms with E-state index in [1.807, 2.05) is 22.9 Å². The van der Waals surface area contributed by atoms with Crippen molar-refractivity contribution in [3.05, 3.63) is 54.5 Å². The number of rotatable bonds is 3. The lowest BCUT2D eigenvalue weighted by Gasteiger charge is -2.05. The summed E-state index contributed by atoms with van der Waals surface area (Å²) in [5.41, 5.74) is 3.21. The molecule has 2 aromatic carbocycles. The topological polar surface area (TPSA) is 56.7 Å². The third kappa shape index (κ3) is 2.46. The van der Waals surface area contributed by atoms with E-state index in [2.05, 4.69) is 29.1 Å². The van der Waals surface area contributed by atoms with Crippen molar-refractivity contribution < 1.29 is 8.81 Å². The van der Waals surface area contributed by atoms with E-state index in [1.165, 1.54) is 12.1 Å². The second-order valence-corrected chi connectivity index (χ2v) is 5.87. The van der Waals surface area contributed by atoms with Crippen molar-refractivity contribution in [1.82, 2.24) is 20.0 Å². The Kier molecular flexibility index (Phi) is 3.37. The van der Waals surface area contributed by atoms with E-state index in [-0.39, 0.29) is 11.9 Å². The first-order valence-corrected chi connectivity index (χ1v) is 7.69. The molecule has 0 aliphatic rings. The summed E-state index contributed by atoms with van der Waals surface area (Å²) in [6.45, 7) is 4.11. The average molecular weight is 322 g/mol. The third-order valence-corrected chi connectivity index (χ3v) is 3.82. The van der Waals surface area contributed by atoms with E-state index in [0.717, 1.165) is 16.6 Å². The van der Waals surface area contributed by atoms with Gasteiger partial charge in [-0.3, -0.25) is 0 Å². The average Bonchev–Trinajstić information content (AvgIpc) is 3.21. The molecule has 2 heterocycles. The van der Waals surface area contributed by atoms with Crippen LogP contribution in [0.15, 0.2) is 53.1 Å². The molecule has 0 bridgehead atoms. The Morgan fingerprint density at radius 3 is 2.75 bits per heavy atom. The molecule has 24 heavy (non-hydrogen) atoms. The Bertz CT molecular complexity index is 1020. The minimum Gasteiger partial charge on any atom is -0.436 e. The van der Waals surface area contributed by atoms with Gasteiger partial charge in [0.15, 0.2) is 5.76 Å². The largest absolute Gasteiger partial charge is 0.436 e. The van der Waals surface area contributed by atoms with E-state index in [0.29, 0.717) is 17.2 Å². The fourth-order valence-electron chi connectivity index (χ4n) is 2.64. The molecule has 0 saturated carbocycles. The Balaban J connectivity index is 1.73. The van der Waals surface area contributed by atoms with Crippen molar-refractivity contribution in [2.75, 3.05) is 0 Å². The van der Waals surface area contributed by atoms with Gasteiger partial charge in [-0.15, -0.1) is 5.10 Å². The molecule has 0 saturated heterocycles. The quantitative estimate of drug-likeness (QED) is 0.558. The lowest BCUT2D eigenvalue weighted by atomic mass is 10.2. The van der Waals surface area contributed by atoms with E-state index in [9.17, 15) is 4.39 Å². The van der Waals surface area contributed by atoms with Crippen LogP contribution in [-0.4, -0.2) is 20.0 Å². The van der Waals surface area contributed by atoms with Gasteiger partial charge in [-0.05, 0) is 44.2 Å². The van der Waals surface area contributed by atoms with Crippen molar-refractivity contribution in [2.45, 2.75) is 19.9 Å². The normalized spacial score (nSPS) is 11.5. The molecule has 0 aliphatic carbocycles. The fourth-order valence-corrected chi connectivity index (χ4v) is 2.64. The van der Waals surface area contributed by atoms with Crippen molar-refractivity contribution in [2.24, 2.45) is 0 Å². The molecule has 2 aromatic heterocycles. The predicted octanol–water partition coefficient (Wildman–Crippen LogP) is 4.47. The Morgan fingerprint density at radius 2 is 1.96 bits per heavy atom. The summed E-state index contributed by atoms with van der Waals surface area (Å²) in [7, 11) is 0. The lowest BCUT2D eigenvalue weighted by Crippen LogP contribution is -2.02. The SMILES string of the molecule is CC(C)n1nnc2cc(-c3ncc(-c4cccc(F)c4)o3)ccc21. The summed E-state index contributed by atoms with van der Waals surface area (Å²) < 4.78 is 21.0. The van der Waals surface area contributed by atoms with Crippen LogP contribution in [0.2, 0.25) is 0 Å². The first-order valence-electron chi connectivity index (χ1n) is 7.69. The predicted molar refractivity (Wildman–Crippen MR) is 88.8 cm³/mol. The van der Waals surface area contributed by atoms with Crippen LogP contribution in [0.4, 0.5) is 4.39 Å². The highest BCUT2D eigenvalue weighted by Gasteiger charge is 2.12. The van der Waals surface area contributed by atoms with E-state index < -0.39 is 0 Å². The highest BCUT2D eigenvalue weighted by Crippen LogP contribution is 2.28. The molecule has 0 atom stereocenters. The number of hydrogen-bond donors (Lipinski definition) is 0. The number of fused-ring (bicyclic) bond motifs is 1. The third-order valence-electron chi connectivity index (χ3n) is 3.82. The number of nitrogens with zero attached hydrogens (tertiary/aromatic N) is 4. The zero-order chi connectivity index (χ0) is 16.7. The van der Waals surface area contributed by atoms with Gasteiger partial charge in [-0.25, -0.2) is 14.1 Å². The standard InChI is InChI=1S/C18H15FN4O/c1-11(2)23-16-7-6-13(9-15(16)21-22-23)18-20-10-17(24-18)12-4-3-5-14(19)8-12/h3-11H,1-2H3. The maximum Gasteiger partial charge on any atom is 0.226 e. The molecule has 4 aromatic rings. The minimum atomic E-state index is -0.308. The Morgan fingerprint density at radius 1 is 1.08 bits per heavy atom. The van der Waals surface area contributed by atoms with Crippen molar-refractivity contribution in [1.29, 1.82) is 0 Å². The lowest BCUT2D eigenvalue weighted by molar-refractivity contribution is 0.530. The van der Waals surface area contributed by atoms with Crippen LogP contribution in [0.5, 0.6) is 0 Å². The number of hydrogen-bond acceptors (Lipinski definition) is 4. The van der Waals surface area contributed by atoms with Crippen LogP contribution in [0.3, 0.4) is 0 Å². The molecular formula is C18H15FN4O.